The highest BCUT2D eigenvalue weighted by Gasteiger charge is 2.13. The Hall–Kier alpha value is -7.36. The van der Waals surface area contributed by atoms with Gasteiger partial charge in [0.05, 0.1) is 0 Å². The molecule has 0 amide bonds. The number of thiophene rings is 2. The van der Waals surface area contributed by atoms with Crippen molar-refractivity contribution in [3.63, 3.8) is 0 Å². The van der Waals surface area contributed by atoms with Gasteiger partial charge in [-0.25, -0.2) is 0 Å². The second-order valence-electron chi connectivity index (χ2n) is 16.0. The molecule has 0 aliphatic carbocycles. The fraction of sp³-hybridized carbons (Fsp3) is 0. The number of hydrogen-bond donors (Lipinski definition) is 0. The first-order valence-electron chi connectivity index (χ1n) is 21.1. The molecule has 10 aromatic carbocycles. The number of benzene rings is 10. The molecule has 2 heteroatoms. The molecule has 290 valence electrons. The summed E-state index contributed by atoms with van der Waals surface area (Å²) in [6, 6.07) is 84.7. The van der Waals surface area contributed by atoms with Crippen LogP contribution in [0.3, 0.4) is 0 Å². The predicted molar refractivity (Wildman–Crippen MR) is 270 cm³/mol. The maximum Gasteiger partial charge on any atom is 0.0433 e. The Kier molecular flexibility index (Phi) is 8.99. The molecule has 12 aromatic rings. The van der Waals surface area contributed by atoms with Crippen molar-refractivity contribution in [3.8, 4) is 77.9 Å². The van der Waals surface area contributed by atoms with Gasteiger partial charge in [-0.15, -0.1) is 22.7 Å². The third-order valence-corrected chi connectivity index (χ3v) is 14.8. The molecule has 12 rings (SSSR count). The van der Waals surface area contributed by atoms with E-state index in [4.69, 9.17) is 0 Å². The van der Waals surface area contributed by atoms with Gasteiger partial charge in [0.2, 0.25) is 0 Å². The summed E-state index contributed by atoms with van der Waals surface area (Å²) in [6.07, 6.45) is 0. The fourth-order valence-electron chi connectivity index (χ4n) is 9.15. The van der Waals surface area contributed by atoms with E-state index in [-0.39, 0.29) is 0 Å². The summed E-state index contributed by atoms with van der Waals surface area (Å²) in [4.78, 5) is 0. The van der Waals surface area contributed by atoms with Gasteiger partial charge in [-0.3, -0.25) is 0 Å². The van der Waals surface area contributed by atoms with Gasteiger partial charge in [0.25, 0.3) is 0 Å². The van der Waals surface area contributed by atoms with Crippen LogP contribution in [0.15, 0.2) is 231 Å². The van der Waals surface area contributed by atoms with Crippen molar-refractivity contribution in [2.45, 2.75) is 0 Å². The third-order valence-electron chi connectivity index (χ3n) is 12.3. The summed E-state index contributed by atoms with van der Waals surface area (Å²) in [5.74, 6) is 0. The summed E-state index contributed by atoms with van der Waals surface area (Å²) in [5.41, 5.74) is 17.2. The van der Waals surface area contributed by atoms with Crippen LogP contribution in [0.4, 0.5) is 0 Å². The van der Waals surface area contributed by atoms with Gasteiger partial charge < -0.3 is 0 Å². The third kappa shape index (κ3) is 6.53. The topological polar surface area (TPSA) is 0 Å². The van der Waals surface area contributed by atoms with Gasteiger partial charge in [0.1, 0.15) is 0 Å². The average molecular weight is 823 g/mol. The highest BCUT2D eigenvalue weighted by Crippen LogP contribution is 2.42. The van der Waals surface area contributed by atoms with Crippen molar-refractivity contribution in [2.75, 3.05) is 0 Å². The quantitative estimate of drug-likeness (QED) is 0.150. The van der Waals surface area contributed by atoms with Crippen molar-refractivity contribution in [1.29, 1.82) is 0 Å². The molecule has 2 aromatic heterocycles. The summed E-state index contributed by atoms with van der Waals surface area (Å²) in [6.45, 7) is 0. The number of rotatable bonds is 7. The molecule has 0 spiro atoms. The second-order valence-corrected chi connectivity index (χ2v) is 18.1. The van der Waals surface area contributed by atoms with E-state index in [1.54, 1.807) is 0 Å². The van der Waals surface area contributed by atoms with Crippen LogP contribution in [0.1, 0.15) is 0 Å². The van der Waals surface area contributed by atoms with Crippen molar-refractivity contribution < 1.29 is 0 Å². The second kappa shape index (κ2) is 15.3. The van der Waals surface area contributed by atoms with Crippen LogP contribution >= 0.6 is 22.7 Å². The molecule has 0 aliphatic rings. The molecule has 62 heavy (non-hydrogen) atoms. The highest BCUT2D eigenvalue weighted by atomic mass is 32.1. The van der Waals surface area contributed by atoms with E-state index in [1.165, 1.54) is 118 Å². The summed E-state index contributed by atoms with van der Waals surface area (Å²) < 4.78 is 5.36. The van der Waals surface area contributed by atoms with Crippen LogP contribution < -0.4 is 0 Å². The van der Waals surface area contributed by atoms with Crippen LogP contribution in [0, 0.1) is 0 Å². The van der Waals surface area contributed by atoms with Crippen LogP contribution in [-0.4, -0.2) is 0 Å². The Morgan fingerprint density at radius 3 is 0.839 bits per heavy atom. The van der Waals surface area contributed by atoms with E-state index < -0.39 is 0 Å². The standard InChI is InChI=1S/C60H38S2/c1-3-25-57-53(19-1)55-23-9-21-51(59(55)61-57)49-17-7-13-45(37-49)41-31-27-39(28-32-41)43-11-5-15-47(35-43)48-16-6-12-44(36-48)40-29-33-42(34-30-40)46-14-8-18-50(38-46)52-22-10-24-56-54-20-2-4-26-58(54)62-60(52)56/h1-38H. The molecular formula is C60H38S2. The lowest BCUT2D eigenvalue weighted by atomic mass is 9.94. The van der Waals surface area contributed by atoms with Crippen LogP contribution in [0.2, 0.25) is 0 Å². The normalized spacial score (nSPS) is 11.5. The molecule has 0 fully saturated rings. The lowest BCUT2D eigenvalue weighted by Crippen LogP contribution is -1.85. The molecular weight excluding hydrogens is 785 g/mol. The molecule has 0 unspecified atom stereocenters. The Morgan fingerprint density at radius 2 is 0.468 bits per heavy atom. The molecule has 0 atom stereocenters. The molecule has 0 saturated heterocycles. The Morgan fingerprint density at radius 1 is 0.194 bits per heavy atom. The molecule has 2 heterocycles. The monoisotopic (exact) mass is 822 g/mol. The largest absolute Gasteiger partial charge is 0.135 e. The van der Waals surface area contributed by atoms with Gasteiger partial charge in [-0.2, -0.15) is 0 Å². The van der Waals surface area contributed by atoms with Gasteiger partial charge >= 0.3 is 0 Å². The minimum absolute atomic E-state index is 1.21. The van der Waals surface area contributed by atoms with Crippen molar-refractivity contribution in [3.05, 3.63) is 231 Å². The first-order valence-corrected chi connectivity index (χ1v) is 22.8. The van der Waals surface area contributed by atoms with Crippen molar-refractivity contribution in [2.24, 2.45) is 0 Å². The number of hydrogen-bond acceptors (Lipinski definition) is 2. The lowest BCUT2D eigenvalue weighted by molar-refractivity contribution is 1.56. The molecule has 0 bridgehead atoms. The Bertz CT molecular complexity index is 3380. The van der Waals surface area contributed by atoms with Crippen LogP contribution in [-0.2, 0) is 0 Å². The van der Waals surface area contributed by atoms with Crippen molar-refractivity contribution in [1.82, 2.24) is 0 Å². The first kappa shape index (κ1) is 36.5. The minimum atomic E-state index is 1.21. The van der Waals surface area contributed by atoms with E-state index in [2.05, 4.69) is 231 Å². The van der Waals surface area contributed by atoms with E-state index in [0.29, 0.717) is 0 Å². The summed E-state index contributed by atoms with van der Waals surface area (Å²) >= 11 is 3.77. The smallest absolute Gasteiger partial charge is 0.0433 e. The molecule has 0 radical (unpaired) electrons. The predicted octanol–water partition coefficient (Wildman–Crippen LogP) is 18.1. The average Bonchev–Trinajstić information content (AvgIpc) is 3.93. The van der Waals surface area contributed by atoms with E-state index in [1.807, 2.05) is 22.7 Å². The lowest BCUT2D eigenvalue weighted by Gasteiger charge is -2.11. The zero-order chi connectivity index (χ0) is 41.0. The van der Waals surface area contributed by atoms with Gasteiger partial charge in [-0.1, -0.05) is 194 Å². The molecule has 0 nitrogen and oxygen atoms in total. The minimum Gasteiger partial charge on any atom is -0.135 e. The molecule has 0 aliphatic heterocycles. The van der Waals surface area contributed by atoms with Gasteiger partial charge in [-0.05, 0) is 114 Å². The van der Waals surface area contributed by atoms with Gasteiger partial charge in [0, 0.05) is 40.3 Å². The van der Waals surface area contributed by atoms with E-state index in [0.717, 1.165) is 0 Å². The van der Waals surface area contributed by atoms with Gasteiger partial charge in [0.15, 0.2) is 0 Å². The zero-order valence-corrected chi connectivity index (χ0v) is 35.4. The highest BCUT2D eigenvalue weighted by molar-refractivity contribution is 7.26. The fourth-order valence-corrected chi connectivity index (χ4v) is 11.6. The molecule has 0 N–H and O–H groups in total. The molecule has 0 saturated carbocycles. The van der Waals surface area contributed by atoms with Crippen LogP contribution in [0.25, 0.3) is 118 Å². The van der Waals surface area contributed by atoms with E-state index >= 15 is 0 Å². The van der Waals surface area contributed by atoms with Crippen LogP contribution in [0.5, 0.6) is 0 Å². The Labute approximate surface area is 369 Å². The first-order chi connectivity index (χ1) is 30.7. The maximum absolute atomic E-state index is 2.34. The zero-order valence-electron chi connectivity index (χ0n) is 33.8. The SMILES string of the molecule is c1cc(-c2ccc(-c3cccc(-c4cccc5c4sc4ccccc45)c3)cc2)cc(-c2cccc(-c3ccc(-c4cccc(-c5cccc6c5sc5ccccc56)c4)cc3)c2)c1. The van der Waals surface area contributed by atoms with Crippen molar-refractivity contribution >= 4 is 63.0 Å². The van der Waals surface area contributed by atoms with E-state index in [9.17, 15) is 0 Å². The maximum atomic E-state index is 2.34. The number of fused-ring (bicyclic) bond motifs is 6. The Balaban J connectivity index is 0.786. The summed E-state index contributed by atoms with van der Waals surface area (Å²) in [7, 11) is 0. The summed E-state index contributed by atoms with van der Waals surface area (Å²) in [5, 5.41) is 5.32.